The summed E-state index contributed by atoms with van der Waals surface area (Å²) in [6, 6.07) is 8.42. The molecule has 1 saturated heterocycles. The first-order valence-electron chi connectivity index (χ1n) is 6.82. The average Bonchev–Trinajstić information content (AvgIpc) is 2.40. The third kappa shape index (κ3) is 5.12. The van der Waals surface area contributed by atoms with Gasteiger partial charge in [-0.3, -0.25) is 4.79 Å². The summed E-state index contributed by atoms with van der Waals surface area (Å²) in [6.45, 7) is 6.24. The molecule has 112 valence electrons. The van der Waals surface area contributed by atoms with Crippen LogP contribution < -0.4 is 10.6 Å². The van der Waals surface area contributed by atoms with Gasteiger partial charge in [-0.05, 0) is 19.4 Å². The van der Waals surface area contributed by atoms with Crippen LogP contribution in [0.1, 0.15) is 30.5 Å². The second-order valence-electron chi connectivity index (χ2n) is 5.13. The van der Waals surface area contributed by atoms with Gasteiger partial charge in [-0.1, -0.05) is 29.8 Å². The molecule has 20 heavy (non-hydrogen) atoms. The summed E-state index contributed by atoms with van der Waals surface area (Å²) in [6.07, 6.45) is 0.468. The van der Waals surface area contributed by atoms with Crippen LogP contribution in [0, 0.1) is 6.92 Å². The molecule has 0 radical (unpaired) electrons. The Hall–Kier alpha value is -1.10. The monoisotopic (exact) mass is 298 g/mol. The van der Waals surface area contributed by atoms with Crippen molar-refractivity contribution in [2.24, 2.45) is 0 Å². The lowest BCUT2D eigenvalue weighted by molar-refractivity contribution is -0.122. The Morgan fingerprint density at radius 3 is 2.75 bits per heavy atom. The average molecular weight is 299 g/mol. The van der Waals surface area contributed by atoms with Gasteiger partial charge < -0.3 is 15.4 Å². The van der Waals surface area contributed by atoms with Crippen molar-refractivity contribution in [3.8, 4) is 0 Å². The first-order chi connectivity index (χ1) is 9.15. The lowest BCUT2D eigenvalue weighted by atomic mass is 10.1. The molecule has 5 heteroatoms. The highest BCUT2D eigenvalue weighted by molar-refractivity contribution is 5.85. The Morgan fingerprint density at radius 2 is 2.15 bits per heavy atom. The van der Waals surface area contributed by atoms with Crippen molar-refractivity contribution in [2.45, 2.75) is 32.4 Å². The third-order valence-electron chi connectivity index (χ3n) is 3.39. The smallest absolute Gasteiger partial charge is 0.222 e. The van der Waals surface area contributed by atoms with E-state index in [2.05, 4.69) is 41.8 Å². The van der Waals surface area contributed by atoms with Gasteiger partial charge in [-0.2, -0.15) is 0 Å². The Morgan fingerprint density at radius 1 is 1.45 bits per heavy atom. The molecule has 0 bridgehead atoms. The maximum atomic E-state index is 12.0. The number of ether oxygens (including phenoxy) is 1. The Bertz CT molecular complexity index is 416. The molecular formula is C15H23ClN2O2. The highest BCUT2D eigenvalue weighted by atomic mass is 35.5. The molecule has 1 aromatic carbocycles. The molecule has 1 aliphatic rings. The fourth-order valence-electron chi connectivity index (χ4n) is 2.21. The predicted octanol–water partition coefficient (Wildman–Crippen LogP) is 1.97. The molecule has 2 unspecified atom stereocenters. The molecule has 1 amide bonds. The van der Waals surface area contributed by atoms with Crippen molar-refractivity contribution in [3.63, 3.8) is 0 Å². The van der Waals surface area contributed by atoms with Crippen LogP contribution in [0.3, 0.4) is 0 Å². The number of carbonyl (C=O) groups is 1. The standard InChI is InChI=1S/C15H22N2O2.ClH/c1-11-3-5-13(6-4-11)12(2)17-15(18)9-14-10-19-8-7-16-14;/h3-6,12,14,16H,7-10H2,1-2H3,(H,17,18);1H. The molecule has 1 aliphatic heterocycles. The Kier molecular flexibility index (Phi) is 6.99. The van der Waals surface area contributed by atoms with Gasteiger partial charge in [-0.15, -0.1) is 12.4 Å². The number of aryl methyl sites for hydroxylation is 1. The van der Waals surface area contributed by atoms with E-state index < -0.39 is 0 Å². The zero-order valence-electron chi connectivity index (χ0n) is 12.0. The SMILES string of the molecule is Cc1ccc(C(C)NC(=O)CC2COCCN2)cc1.Cl. The molecule has 0 aliphatic carbocycles. The minimum Gasteiger partial charge on any atom is -0.378 e. The first-order valence-corrected chi connectivity index (χ1v) is 6.82. The fraction of sp³-hybridized carbons (Fsp3) is 0.533. The number of hydrogen-bond donors (Lipinski definition) is 2. The highest BCUT2D eigenvalue weighted by Crippen LogP contribution is 2.13. The van der Waals surface area contributed by atoms with E-state index in [9.17, 15) is 4.79 Å². The molecule has 1 heterocycles. The van der Waals surface area contributed by atoms with Crippen LogP contribution in [0.15, 0.2) is 24.3 Å². The van der Waals surface area contributed by atoms with E-state index in [1.807, 2.05) is 6.92 Å². The van der Waals surface area contributed by atoms with Gasteiger partial charge in [-0.25, -0.2) is 0 Å². The molecule has 2 rings (SSSR count). The molecular weight excluding hydrogens is 276 g/mol. The predicted molar refractivity (Wildman–Crippen MR) is 82.2 cm³/mol. The maximum absolute atomic E-state index is 12.0. The van der Waals surface area contributed by atoms with Crippen LogP contribution in [-0.2, 0) is 9.53 Å². The number of nitrogens with one attached hydrogen (secondary N) is 2. The summed E-state index contributed by atoms with van der Waals surface area (Å²) in [5.74, 6) is 0.0658. The number of halogens is 1. The van der Waals surface area contributed by atoms with E-state index >= 15 is 0 Å². The fourth-order valence-corrected chi connectivity index (χ4v) is 2.21. The molecule has 0 aromatic heterocycles. The minimum absolute atomic E-state index is 0. The van der Waals surface area contributed by atoms with Crippen molar-refractivity contribution in [1.82, 2.24) is 10.6 Å². The van der Waals surface area contributed by atoms with E-state index in [0.29, 0.717) is 13.0 Å². The minimum atomic E-state index is 0. The van der Waals surface area contributed by atoms with Crippen LogP contribution in [0.2, 0.25) is 0 Å². The van der Waals surface area contributed by atoms with Crippen LogP contribution in [-0.4, -0.2) is 31.7 Å². The second kappa shape index (κ2) is 8.25. The van der Waals surface area contributed by atoms with Gasteiger partial charge in [0, 0.05) is 19.0 Å². The first kappa shape index (κ1) is 17.0. The van der Waals surface area contributed by atoms with Gasteiger partial charge in [0.15, 0.2) is 0 Å². The van der Waals surface area contributed by atoms with Crippen molar-refractivity contribution in [3.05, 3.63) is 35.4 Å². The maximum Gasteiger partial charge on any atom is 0.222 e. The summed E-state index contributed by atoms with van der Waals surface area (Å²) < 4.78 is 5.34. The molecule has 4 nitrogen and oxygen atoms in total. The number of morpholine rings is 1. The van der Waals surface area contributed by atoms with Crippen molar-refractivity contribution in [2.75, 3.05) is 19.8 Å². The van der Waals surface area contributed by atoms with Crippen LogP contribution in [0.4, 0.5) is 0 Å². The van der Waals surface area contributed by atoms with E-state index in [1.54, 1.807) is 0 Å². The van der Waals surface area contributed by atoms with Crippen molar-refractivity contribution in [1.29, 1.82) is 0 Å². The van der Waals surface area contributed by atoms with Crippen LogP contribution >= 0.6 is 12.4 Å². The van der Waals surface area contributed by atoms with Gasteiger partial charge in [0.1, 0.15) is 0 Å². The number of amides is 1. The zero-order chi connectivity index (χ0) is 13.7. The number of hydrogen-bond acceptors (Lipinski definition) is 3. The lowest BCUT2D eigenvalue weighted by Gasteiger charge is -2.24. The van der Waals surface area contributed by atoms with E-state index in [4.69, 9.17) is 4.74 Å². The molecule has 1 aromatic rings. The normalized spacial score (nSPS) is 19.8. The number of carbonyl (C=O) groups excluding carboxylic acids is 1. The van der Waals surface area contributed by atoms with Gasteiger partial charge >= 0.3 is 0 Å². The van der Waals surface area contributed by atoms with E-state index in [0.717, 1.165) is 18.7 Å². The summed E-state index contributed by atoms with van der Waals surface area (Å²) in [7, 11) is 0. The molecule has 1 fully saturated rings. The largest absolute Gasteiger partial charge is 0.378 e. The van der Waals surface area contributed by atoms with Crippen molar-refractivity contribution < 1.29 is 9.53 Å². The quantitative estimate of drug-likeness (QED) is 0.893. The van der Waals surface area contributed by atoms with E-state index in [1.165, 1.54) is 5.56 Å². The molecule has 2 N–H and O–H groups in total. The molecule has 0 saturated carbocycles. The van der Waals surface area contributed by atoms with Gasteiger partial charge in [0.25, 0.3) is 0 Å². The summed E-state index contributed by atoms with van der Waals surface area (Å²) >= 11 is 0. The Balaban J connectivity index is 0.00000200. The lowest BCUT2D eigenvalue weighted by Crippen LogP contribution is -2.44. The number of benzene rings is 1. The van der Waals surface area contributed by atoms with Gasteiger partial charge in [0.2, 0.25) is 5.91 Å². The second-order valence-corrected chi connectivity index (χ2v) is 5.13. The van der Waals surface area contributed by atoms with Crippen LogP contribution in [0.5, 0.6) is 0 Å². The third-order valence-corrected chi connectivity index (χ3v) is 3.39. The Labute approximate surface area is 126 Å². The summed E-state index contributed by atoms with van der Waals surface area (Å²) in [5, 5.41) is 6.31. The van der Waals surface area contributed by atoms with Crippen molar-refractivity contribution >= 4 is 18.3 Å². The zero-order valence-corrected chi connectivity index (χ0v) is 12.8. The molecule has 0 spiro atoms. The summed E-state index contributed by atoms with van der Waals surface area (Å²) in [5.41, 5.74) is 2.36. The van der Waals surface area contributed by atoms with E-state index in [-0.39, 0.29) is 30.4 Å². The highest BCUT2D eigenvalue weighted by Gasteiger charge is 2.18. The molecule has 2 atom stereocenters. The summed E-state index contributed by atoms with van der Waals surface area (Å²) in [4.78, 5) is 12.0. The van der Waals surface area contributed by atoms with Crippen LogP contribution in [0.25, 0.3) is 0 Å². The topological polar surface area (TPSA) is 50.4 Å². The number of rotatable bonds is 4. The van der Waals surface area contributed by atoms with Gasteiger partial charge in [0.05, 0.1) is 19.3 Å².